The van der Waals surface area contributed by atoms with Gasteiger partial charge in [-0.2, -0.15) is 4.98 Å². The second kappa shape index (κ2) is 10.7. The molecule has 2 aromatic heterocycles. The van der Waals surface area contributed by atoms with Crippen LogP contribution in [-0.4, -0.2) is 99.4 Å². The van der Waals surface area contributed by atoms with Gasteiger partial charge in [0.25, 0.3) is 0 Å². The molecule has 0 spiro atoms. The fraction of sp³-hybridized carbons (Fsp3) is 0.542. The quantitative estimate of drug-likeness (QED) is 0.308. The van der Waals surface area contributed by atoms with Crippen molar-refractivity contribution in [2.75, 3.05) is 56.6 Å². The normalized spacial score (nSPS) is 25.3. The molecule has 1 saturated carbocycles. The lowest BCUT2D eigenvalue weighted by atomic mass is 10.1. The molecule has 5 rings (SSSR count). The summed E-state index contributed by atoms with van der Waals surface area (Å²) in [7, 11) is 0. The van der Waals surface area contributed by atoms with Crippen LogP contribution in [0.25, 0.3) is 20.8 Å². The first-order valence-corrected chi connectivity index (χ1v) is 12.9. The molecule has 5 N–H and O–H groups in total. The predicted molar refractivity (Wildman–Crippen MR) is 136 cm³/mol. The van der Waals surface area contributed by atoms with Crippen LogP contribution in [0.4, 0.5) is 11.8 Å². The molecule has 3 heterocycles. The molecule has 2 fully saturated rings. The Labute approximate surface area is 208 Å². The Bertz CT molecular complexity index is 1120. The van der Waals surface area contributed by atoms with Gasteiger partial charge in [0, 0.05) is 38.7 Å². The van der Waals surface area contributed by atoms with E-state index in [2.05, 4.69) is 15.5 Å². The molecule has 1 saturated heterocycles. The number of nitrogens with one attached hydrogen (secondary N) is 2. The first-order chi connectivity index (χ1) is 17.0. The number of rotatable bonds is 8. The third kappa shape index (κ3) is 5.25. The Morgan fingerprint density at radius 3 is 2.66 bits per heavy atom. The van der Waals surface area contributed by atoms with E-state index in [1.165, 1.54) is 0 Å². The second-order valence-corrected chi connectivity index (χ2v) is 10.2. The van der Waals surface area contributed by atoms with Gasteiger partial charge in [-0.1, -0.05) is 12.1 Å². The highest BCUT2D eigenvalue weighted by molar-refractivity contribution is 7.21. The molecule has 35 heavy (non-hydrogen) atoms. The Morgan fingerprint density at radius 2 is 1.91 bits per heavy atom. The van der Waals surface area contributed by atoms with Gasteiger partial charge >= 0.3 is 0 Å². The highest BCUT2D eigenvalue weighted by Crippen LogP contribution is 2.38. The summed E-state index contributed by atoms with van der Waals surface area (Å²) in [6, 6.07) is 7.50. The Kier molecular flexibility index (Phi) is 7.42. The van der Waals surface area contributed by atoms with Crippen molar-refractivity contribution in [2.45, 2.75) is 31.6 Å². The van der Waals surface area contributed by atoms with Gasteiger partial charge in [-0.25, -0.2) is 9.97 Å². The van der Waals surface area contributed by atoms with Crippen molar-refractivity contribution >= 4 is 33.3 Å². The molecule has 0 amide bonds. The van der Waals surface area contributed by atoms with Crippen molar-refractivity contribution in [2.24, 2.45) is 5.92 Å². The molecule has 2 aliphatic rings. The molecule has 0 unspecified atom stereocenters. The summed E-state index contributed by atoms with van der Waals surface area (Å²) in [4.78, 5) is 16.6. The van der Waals surface area contributed by atoms with Gasteiger partial charge in [-0.3, -0.25) is 4.90 Å². The van der Waals surface area contributed by atoms with Crippen LogP contribution in [0.1, 0.15) is 12.1 Å². The van der Waals surface area contributed by atoms with Crippen LogP contribution in [0, 0.1) is 12.8 Å². The van der Waals surface area contributed by atoms with Crippen molar-refractivity contribution in [3.8, 4) is 10.6 Å². The standard InChI is InChI=1S/C24H32N6O4S/c1-14-19(23-28-16-4-2-3-5-18(16)35-23)22(27-17-12-15(13-31)20(32)21(17)33)29-24(26-14)25-6-7-30-8-10-34-11-9-30/h2-5,15,17,20-21,31-33H,6-13H2,1H3,(H2,25,26,27,29)/t15-,17-,20-,21+/m1/s1. The number of ether oxygens (including phenoxy) is 1. The molecular formula is C24H32N6O4S. The predicted octanol–water partition coefficient (Wildman–Crippen LogP) is 1.32. The molecule has 1 aromatic carbocycles. The zero-order chi connectivity index (χ0) is 24.4. The zero-order valence-electron chi connectivity index (χ0n) is 19.7. The van der Waals surface area contributed by atoms with Crippen LogP contribution in [0.3, 0.4) is 0 Å². The topological polar surface area (TPSA) is 136 Å². The molecule has 3 aromatic rings. The number of anilines is 2. The number of fused-ring (bicyclic) bond motifs is 1. The van der Waals surface area contributed by atoms with Gasteiger partial charge in [0.1, 0.15) is 16.9 Å². The van der Waals surface area contributed by atoms with Crippen molar-refractivity contribution in [1.82, 2.24) is 19.9 Å². The number of hydrogen-bond donors (Lipinski definition) is 5. The van der Waals surface area contributed by atoms with Crippen LogP contribution in [0.15, 0.2) is 24.3 Å². The number of aliphatic hydroxyl groups excluding tert-OH is 3. The van der Waals surface area contributed by atoms with Crippen molar-refractivity contribution in [3.05, 3.63) is 30.0 Å². The summed E-state index contributed by atoms with van der Waals surface area (Å²) in [5.74, 6) is 0.664. The summed E-state index contributed by atoms with van der Waals surface area (Å²) in [6.45, 7) is 6.64. The minimum atomic E-state index is -1.01. The smallest absolute Gasteiger partial charge is 0.224 e. The Hall–Kier alpha value is -2.41. The Balaban J connectivity index is 1.43. The zero-order valence-corrected chi connectivity index (χ0v) is 20.5. The highest BCUT2D eigenvalue weighted by atomic mass is 32.1. The van der Waals surface area contributed by atoms with Crippen LogP contribution in [0.5, 0.6) is 0 Å². The number of aryl methyl sites for hydroxylation is 1. The van der Waals surface area contributed by atoms with E-state index in [4.69, 9.17) is 19.7 Å². The van der Waals surface area contributed by atoms with Crippen LogP contribution in [-0.2, 0) is 4.74 Å². The lowest BCUT2D eigenvalue weighted by Crippen LogP contribution is -2.39. The summed E-state index contributed by atoms with van der Waals surface area (Å²) in [5, 5.41) is 38.0. The van der Waals surface area contributed by atoms with Crippen LogP contribution >= 0.6 is 11.3 Å². The van der Waals surface area contributed by atoms with Gasteiger partial charge in [-0.15, -0.1) is 11.3 Å². The number of benzene rings is 1. The van der Waals surface area contributed by atoms with E-state index < -0.39 is 18.2 Å². The van der Waals surface area contributed by atoms with Crippen molar-refractivity contribution < 1.29 is 20.1 Å². The van der Waals surface area contributed by atoms with Crippen LogP contribution < -0.4 is 10.6 Å². The number of thiazole rings is 1. The molecule has 0 bridgehead atoms. The first kappa shape index (κ1) is 24.3. The van der Waals surface area contributed by atoms with Crippen LogP contribution in [0.2, 0.25) is 0 Å². The van der Waals surface area contributed by atoms with Gasteiger partial charge in [0.05, 0.1) is 46.8 Å². The lowest BCUT2D eigenvalue weighted by Gasteiger charge is -2.26. The largest absolute Gasteiger partial charge is 0.396 e. The summed E-state index contributed by atoms with van der Waals surface area (Å²) in [6.07, 6.45) is -1.57. The maximum Gasteiger partial charge on any atom is 0.224 e. The highest BCUT2D eigenvalue weighted by Gasteiger charge is 2.41. The first-order valence-electron chi connectivity index (χ1n) is 12.1. The molecule has 11 heteroatoms. The summed E-state index contributed by atoms with van der Waals surface area (Å²) >= 11 is 1.56. The van der Waals surface area contributed by atoms with E-state index in [0.29, 0.717) is 24.7 Å². The molecule has 1 aliphatic carbocycles. The van der Waals surface area contributed by atoms with E-state index in [-0.39, 0.29) is 12.5 Å². The number of aliphatic hydroxyl groups is 3. The molecule has 10 nitrogen and oxygen atoms in total. The van der Waals surface area contributed by atoms with Crippen molar-refractivity contribution in [3.63, 3.8) is 0 Å². The average Bonchev–Trinajstić information content (AvgIpc) is 3.40. The van der Waals surface area contributed by atoms with Gasteiger partial charge in [0.2, 0.25) is 5.95 Å². The van der Waals surface area contributed by atoms with E-state index in [9.17, 15) is 15.3 Å². The van der Waals surface area contributed by atoms with Gasteiger partial charge < -0.3 is 30.7 Å². The third-order valence-electron chi connectivity index (χ3n) is 6.77. The summed E-state index contributed by atoms with van der Waals surface area (Å²) in [5.41, 5.74) is 2.45. The monoisotopic (exact) mass is 500 g/mol. The SMILES string of the molecule is Cc1nc(NCCN2CCOCC2)nc(N[C@@H]2C[C@H](CO)[C@@H](O)[C@H]2O)c1-c1nc2ccccc2s1. The number of aromatic nitrogens is 3. The fourth-order valence-corrected chi connectivity index (χ4v) is 5.83. The number of hydrogen-bond acceptors (Lipinski definition) is 11. The van der Waals surface area contributed by atoms with Gasteiger partial charge in [-0.05, 0) is 25.5 Å². The van der Waals surface area contributed by atoms with E-state index in [1.54, 1.807) is 11.3 Å². The van der Waals surface area contributed by atoms with E-state index >= 15 is 0 Å². The van der Waals surface area contributed by atoms with E-state index in [0.717, 1.165) is 59.3 Å². The lowest BCUT2D eigenvalue weighted by molar-refractivity contribution is 0.00446. The third-order valence-corrected chi connectivity index (χ3v) is 7.82. The maximum atomic E-state index is 10.6. The Morgan fingerprint density at radius 1 is 1.11 bits per heavy atom. The minimum Gasteiger partial charge on any atom is -0.396 e. The fourth-order valence-electron chi connectivity index (χ4n) is 4.77. The molecule has 1 aliphatic heterocycles. The maximum absolute atomic E-state index is 10.6. The number of morpholine rings is 1. The molecule has 188 valence electrons. The number of nitrogens with zero attached hydrogens (tertiary/aromatic N) is 4. The van der Waals surface area contributed by atoms with Crippen molar-refractivity contribution in [1.29, 1.82) is 0 Å². The molecule has 4 atom stereocenters. The van der Waals surface area contributed by atoms with E-state index in [1.807, 2.05) is 31.2 Å². The molecule has 0 radical (unpaired) electrons. The molecular weight excluding hydrogens is 468 g/mol. The summed E-state index contributed by atoms with van der Waals surface area (Å²) < 4.78 is 6.48. The average molecular weight is 501 g/mol. The number of para-hydroxylation sites is 1. The second-order valence-electron chi connectivity index (χ2n) is 9.13. The van der Waals surface area contributed by atoms with Gasteiger partial charge in [0.15, 0.2) is 0 Å². The minimum absolute atomic E-state index is 0.182.